The van der Waals surface area contributed by atoms with E-state index in [4.69, 9.17) is 5.11 Å². The van der Waals surface area contributed by atoms with Gasteiger partial charge in [-0.15, -0.1) is 0 Å². The molecule has 6 nitrogen and oxygen atoms in total. The molecule has 0 aliphatic heterocycles. The van der Waals surface area contributed by atoms with Crippen molar-refractivity contribution >= 4 is 22.6 Å². The molecule has 0 bridgehead atoms. The zero-order valence-corrected chi connectivity index (χ0v) is 16.2. The Morgan fingerprint density at radius 2 is 1.78 bits per heavy atom. The molecule has 23 heavy (non-hydrogen) atoms. The van der Waals surface area contributed by atoms with Crippen LogP contribution in [0.25, 0.3) is 10.9 Å². The average Bonchev–Trinajstić information content (AvgIpc) is 2.59. The van der Waals surface area contributed by atoms with Gasteiger partial charge < -0.3 is 5.11 Å². The molecule has 1 aromatic heterocycles. The minimum absolute atomic E-state index is 0.177. The number of pyridine rings is 1. The van der Waals surface area contributed by atoms with Crippen LogP contribution in [0, 0.1) is 0 Å². The average molecular weight is 407 g/mol. The van der Waals surface area contributed by atoms with Gasteiger partial charge in [-0.25, -0.2) is 4.79 Å². The Labute approximate surface area is 148 Å². The van der Waals surface area contributed by atoms with Crippen LogP contribution in [0.4, 0.5) is 5.69 Å². The van der Waals surface area contributed by atoms with Crippen LogP contribution in [-0.4, -0.2) is 21.2 Å². The zero-order valence-electron chi connectivity index (χ0n) is 12.1. The summed E-state index contributed by atoms with van der Waals surface area (Å²) >= 11 is 0.464. The van der Waals surface area contributed by atoms with Crippen LogP contribution < -0.4 is 0 Å². The summed E-state index contributed by atoms with van der Waals surface area (Å²) in [5.74, 6) is -0.703. The van der Waals surface area contributed by atoms with Crippen molar-refractivity contribution in [3.05, 3.63) is 66.4 Å². The molecule has 2 aromatic carbocycles. The van der Waals surface area contributed by atoms with Crippen molar-refractivity contribution in [2.75, 3.05) is 0 Å². The van der Waals surface area contributed by atoms with Crippen molar-refractivity contribution in [2.24, 2.45) is 8.04 Å². The number of carboxylic acids is 1. The Hall–Kier alpha value is -2.36. The first-order valence-electron chi connectivity index (χ1n) is 6.65. The van der Waals surface area contributed by atoms with Crippen LogP contribution in [0.15, 0.2) is 68.8 Å². The van der Waals surface area contributed by atoms with E-state index in [9.17, 15) is 9.90 Å². The number of carbonyl (C=O) groups is 1. The number of phenolic OH excluding ortho intramolecular Hbond substituents is 1. The van der Waals surface area contributed by atoms with Crippen molar-refractivity contribution in [2.45, 2.75) is 0 Å². The number of hydrogen-bond donors (Lipinski definition) is 2. The number of hydrogen-bond acceptors (Lipinski definition) is 5. The third kappa shape index (κ3) is 4.55. The number of fused-ring (bicyclic) bond motifs is 1. The first kappa shape index (κ1) is 17.0. The van der Waals surface area contributed by atoms with Gasteiger partial charge in [-0.3, -0.25) is 0 Å². The monoisotopic (exact) mass is 408 g/mol. The molecule has 3 aromatic rings. The third-order valence-corrected chi connectivity index (χ3v) is 3.33. The molecule has 1 heterocycles. The van der Waals surface area contributed by atoms with E-state index in [1.165, 1.54) is 0 Å². The van der Waals surface area contributed by atoms with Crippen molar-refractivity contribution in [1.82, 2.24) is 4.98 Å². The normalized spacial score (nSPS) is 10.3. The van der Waals surface area contributed by atoms with Gasteiger partial charge in [0.05, 0.1) is 5.56 Å². The predicted octanol–water partition coefficient (Wildman–Crippen LogP) is 3.87. The van der Waals surface area contributed by atoms with Crippen LogP contribution in [0.1, 0.15) is 10.4 Å². The Morgan fingerprint density at radius 1 is 1.04 bits per heavy atom. The fraction of sp³-hybridized carbons (Fsp3) is 0. The second-order valence-corrected chi connectivity index (χ2v) is 5.22. The van der Waals surface area contributed by atoms with E-state index in [-0.39, 0.29) is 5.75 Å². The van der Waals surface area contributed by atoms with Crippen LogP contribution >= 0.6 is 0 Å². The maximum absolute atomic E-state index is 10.2. The summed E-state index contributed by atoms with van der Waals surface area (Å²) in [4.78, 5) is 14.3. The molecule has 2 N–H and O–H groups in total. The number of nitrogens with zero attached hydrogens (tertiary/aromatic N) is 3. The summed E-state index contributed by atoms with van der Waals surface area (Å²) in [6.45, 7) is 0. The quantitative estimate of drug-likeness (QED) is 0.499. The molecular formula is C16H12CdN3O3. The van der Waals surface area contributed by atoms with Gasteiger partial charge in [0, 0.05) is 0 Å². The molecule has 0 aliphatic carbocycles. The summed E-state index contributed by atoms with van der Waals surface area (Å²) < 4.78 is 3.87. The van der Waals surface area contributed by atoms with Crippen molar-refractivity contribution in [1.29, 1.82) is 0 Å². The van der Waals surface area contributed by atoms with Crippen molar-refractivity contribution in [3.8, 4) is 5.75 Å². The van der Waals surface area contributed by atoms with Gasteiger partial charge in [0.2, 0.25) is 0 Å². The van der Waals surface area contributed by atoms with E-state index in [1.807, 2.05) is 12.1 Å². The Kier molecular flexibility index (Phi) is 6.15. The number of rotatable bonds is 2. The van der Waals surface area contributed by atoms with Gasteiger partial charge in [0.25, 0.3) is 0 Å². The third-order valence-electron chi connectivity index (χ3n) is 2.92. The maximum atomic E-state index is 10.2. The predicted molar refractivity (Wildman–Crippen MR) is 81.3 cm³/mol. The van der Waals surface area contributed by atoms with Gasteiger partial charge in [-0.05, 0) is 12.1 Å². The molecule has 0 spiro atoms. The van der Waals surface area contributed by atoms with Gasteiger partial charge in [0.1, 0.15) is 0 Å². The summed E-state index contributed by atoms with van der Waals surface area (Å²) in [6, 6.07) is 15.3. The van der Waals surface area contributed by atoms with Crippen LogP contribution in [0.3, 0.4) is 0 Å². The number of aromatic carboxylic acids is 1. The summed E-state index contributed by atoms with van der Waals surface area (Å²) in [5.41, 5.74) is 1.66. The summed E-state index contributed by atoms with van der Waals surface area (Å²) in [7, 11) is 0. The first-order chi connectivity index (χ1) is 11.1. The molecule has 0 unspecified atom stereocenters. The Balaban J connectivity index is 0.000000185. The second kappa shape index (κ2) is 8.32. The molecule has 0 atom stereocenters. The van der Waals surface area contributed by atoms with Crippen molar-refractivity contribution in [3.63, 3.8) is 0 Å². The molecule has 0 saturated carbocycles. The van der Waals surface area contributed by atoms with E-state index in [0.29, 0.717) is 37.1 Å². The van der Waals surface area contributed by atoms with Crippen molar-refractivity contribution < 1.29 is 41.1 Å². The van der Waals surface area contributed by atoms with Crippen LogP contribution in [0.5, 0.6) is 5.75 Å². The van der Waals surface area contributed by atoms with E-state index in [2.05, 4.69) is 13.0 Å². The Bertz CT molecular complexity index is 838. The minimum atomic E-state index is -0.879. The van der Waals surface area contributed by atoms with Gasteiger partial charge in [-0.2, -0.15) is 0 Å². The van der Waals surface area contributed by atoms with E-state index < -0.39 is 5.97 Å². The molecule has 0 aliphatic rings. The molecule has 3 rings (SSSR count). The van der Waals surface area contributed by atoms with Gasteiger partial charge in [0.15, 0.2) is 0 Å². The van der Waals surface area contributed by atoms with Gasteiger partial charge in [-0.1, -0.05) is 18.2 Å². The number of carboxylic acid groups (broad SMARTS) is 1. The van der Waals surface area contributed by atoms with E-state index in [0.717, 1.165) is 11.1 Å². The number of aromatic nitrogens is 1. The summed E-state index contributed by atoms with van der Waals surface area (Å²) in [5, 5.41) is 22.8. The molecule has 0 saturated heterocycles. The molecular weight excluding hydrogens is 395 g/mol. The SMILES string of the molecule is O=C(O)c1ccccc1.Oc1ccc(N=[N][Cd])c2cccnc12. The topological polar surface area (TPSA) is 95.1 Å². The number of benzene rings is 2. The van der Waals surface area contributed by atoms with Gasteiger partial charge >= 0.3 is 103 Å². The molecule has 0 radical (unpaired) electrons. The number of aromatic hydroxyl groups is 1. The van der Waals surface area contributed by atoms with E-state index in [1.54, 1.807) is 48.7 Å². The molecule has 0 amide bonds. The second-order valence-electron chi connectivity index (χ2n) is 4.42. The van der Waals surface area contributed by atoms with Crippen LogP contribution in [0.2, 0.25) is 0 Å². The van der Waals surface area contributed by atoms with Crippen LogP contribution in [-0.2, 0) is 26.1 Å². The van der Waals surface area contributed by atoms with E-state index >= 15 is 0 Å². The number of phenols is 1. The Morgan fingerprint density at radius 3 is 2.39 bits per heavy atom. The fourth-order valence-electron chi connectivity index (χ4n) is 1.89. The fourth-order valence-corrected chi connectivity index (χ4v) is 2.32. The molecule has 0 fully saturated rings. The first-order valence-corrected chi connectivity index (χ1v) is 8.45. The summed E-state index contributed by atoms with van der Waals surface area (Å²) in [6.07, 6.45) is 1.64. The molecule has 111 valence electrons. The zero-order chi connectivity index (χ0) is 16.7. The molecule has 7 heteroatoms. The standard InChI is InChI=1S/C9H6N3O.C7H6O2.Cd/c10-12-7-3-4-8(13)9-6(7)2-1-5-11-9;8-7(9)6-4-2-1-3-5-6;/h1-5,13H;1-5H,(H,8,9);/q-1;;+1.